The molecule has 0 aromatic carbocycles. The lowest BCUT2D eigenvalue weighted by atomic mass is 10.1. The first kappa shape index (κ1) is 14.0. The van der Waals surface area contributed by atoms with Gasteiger partial charge in [0.15, 0.2) is 5.78 Å². The molecule has 0 bridgehead atoms. The van der Waals surface area contributed by atoms with Crippen molar-refractivity contribution in [2.75, 3.05) is 6.61 Å². The molecule has 5 nitrogen and oxygen atoms in total. The fourth-order valence-corrected chi connectivity index (χ4v) is 1.32. The second kappa shape index (κ2) is 5.49. The molecule has 1 fully saturated rings. The number of amides is 1. The van der Waals surface area contributed by atoms with Crippen molar-refractivity contribution in [1.29, 1.82) is 0 Å². The van der Waals surface area contributed by atoms with Crippen molar-refractivity contribution >= 4 is 11.9 Å². The van der Waals surface area contributed by atoms with E-state index in [1.165, 1.54) is 0 Å². The zero-order valence-corrected chi connectivity index (χ0v) is 10.9. The van der Waals surface area contributed by atoms with Gasteiger partial charge in [0.2, 0.25) is 0 Å². The van der Waals surface area contributed by atoms with Gasteiger partial charge in [-0.1, -0.05) is 0 Å². The molecule has 17 heavy (non-hydrogen) atoms. The van der Waals surface area contributed by atoms with Gasteiger partial charge in [-0.15, -0.1) is 0 Å². The smallest absolute Gasteiger partial charge is 0.408 e. The second-order valence-corrected chi connectivity index (χ2v) is 5.33. The molecule has 0 aromatic heterocycles. The first-order chi connectivity index (χ1) is 7.78. The highest BCUT2D eigenvalue weighted by Gasteiger charge is 2.25. The quantitative estimate of drug-likeness (QED) is 0.745. The average molecular weight is 243 g/mol. The maximum atomic E-state index is 11.7. The van der Waals surface area contributed by atoms with E-state index >= 15 is 0 Å². The molecule has 98 valence electrons. The molecule has 0 aromatic rings. The van der Waals surface area contributed by atoms with Crippen LogP contribution in [0.3, 0.4) is 0 Å². The lowest BCUT2D eigenvalue weighted by molar-refractivity contribution is -0.120. The highest BCUT2D eigenvalue weighted by molar-refractivity contribution is 5.87. The molecule has 0 aliphatic carbocycles. The maximum Gasteiger partial charge on any atom is 0.408 e. The van der Waals surface area contributed by atoms with Crippen molar-refractivity contribution in [3.63, 3.8) is 0 Å². The number of carbonyl (C=O) groups is 2. The van der Waals surface area contributed by atoms with Crippen molar-refractivity contribution in [3.05, 3.63) is 0 Å². The minimum atomic E-state index is -0.555. The predicted molar refractivity (Wildman–Crippen MR) is 62.8 cm³/mol. The summed E-state index contributed by atoms with van der Waals surface area (Å²) in [6.07, 6.45) is 0.856. The van der Waals surface area contributed by atoms with E-state index in [0.29, 0.717) is 6.42 Å². The highest BCUT2D eigenvalue weighted by Crippen LogP contribution is 2.16. The Hall–Kier alpha value is -1.10. The fraction of sp³-hybridized carbons (Fsp3) is 0.833. The lowest BCUT2D eigenvalue weighted by Gasteiger charge is -2.21. The van der Waals surface area contributed by atoms with Crippen LogP contribution in [0.5, 0.6) is 0 Å². The normalized spacial score (nSPS) is 20.6. The summed E-state index contributed by atoms with van der Waals surface area (Å²) in [5.74, 6) is 0.00589. The van der Waals surface area contributed by atoms with Gasteiger partial charge in [0.25, 0.3) is 0 Å². The molecule has 1 aliphatic rings. The average Bonchev–Trinajstić information content (AvgIpc) is 2.93. The minimum absolute atomic E-state index is 0.00589. The monoisotopic (exact) mass is 243 g/mol. The number of rotatable bonds is 5. The first-order valence-electron chi connectivity index (χ1n) is 5.92. The lowest BCUT2D eigenvalue weighted by Crippen LogP contribution is -2.41. The van der Waals surface area contributed by atoms with E-state index in [4.69, 9.17) is 9.47 Å². The summed E-state index contributed by atoms with van der Waals surface area (Å²) in [6, 6.07) is -0.511. The third-order valence-corrected chi connectivity index (χ3v) is 2.33. The fourth-order valence-electron chi connectivity index (χ4n) is 1.32. The summed E-state index contributed by atoms with van der Waals surface area (Å²) in [4.78, 5) is 23.1. The molecule has 0 spiro atoms. The van der Waals surface area contributed by atoms with E-state index in [0.717, 1.165) is 13.0 Å². The standard InChI is InChI=1S/C12H21NO4/c1-8(10(14)6-5-9-7-16-9)13-11(15)17-12(2,3)4/h8-9H,5-7H2,1-4H3,(H,13,15)/t8-,9?/m0/s1. The van der Waals surface area contributed by atoms with Gasteiger partial charge in [0.1, 0.15) is 5.60 Å². The van der Waals surface area contributed by atoms with Crippen LogP contribution in [0.2, 0.25) is 0 Å². The van der Waals surface area contributed by atoms with Crippen LogP contribution in [0.25, 0.3) is 0 Å². The third kappa shape index (κ3) is 6.26. The predicted octanol–water partition coefficient (Wildman–Crippen LogP) is 1.65. The zero-order valence-electron chi connectivity index (χ0n) is 10.9. The van der Waals surface area contributed by atoms with E-state index in [1.807, 2.05) is 0 Å². The Labute approximate surface area is 102 Å². The van der Waals surface area contributed by atoms with Gasteiger partial charge in [-0.2, -0.15) is 0 Å². The summed E-state index contributed by atoms with van der Waals surface area (Å²) in [6.45, 7) is 7.76. The van der Waals surface area contributed by atoms with Gasteiger partial charge in [-0.25, -0.2) is 4.79 Å². The number of ether oxygens (including phenoxy) is 2. The van der Waals surface area contributed by atoms with E-state index < -0.39 is 17.7 Å². The number of hydrogen-bond donors (Lipinski definition) is 1. The van der Waals surface area contributed by atoms with Crippen molar-refractivity contribution in [1.82, 2.24) is 5.32 Å². The summed E-state index contributed by atoms with van der Waals surface area (Å²) in [5.41, 5.74) is -0.547. The zero-order chi connectivity index (χ0) is 13.1. The van der Waals surface area contributed by atoms with Gasteiger partial charge >= 0.3 is 6.09 Å². The molecule has 1 heterocycles. The van der Waals surface area contributed by atoms with Crippen LogP contribution < -0.4 is 5.32 Å². The molecule has 1 amide bonds. The molecular weight excluding hydrogens is 222 g/mol. The van der Waals surface area contributed by atoms with Gasteiger partial charge in [-0.3, -0.25) is 4.79 Å². The molecule has 1 unspecified atom stereocenters. The topological polar surface area (TPSA) is 67.9 Å². The molecule has 1 rings (SSSR count). The van der Waals surface area contributed by atoms with Crippen LogP contribution in [0, 0.1) is 0 Å². The van der Waals surface area contributed by atoms with Crippen LogP contribution in [0.1, 0.15) is 40.5 Å². The van der Waals surface area contributed by atoms with Crippen LogP contribution >= 0.6 is 0 Å². The molecule has 5 heteroatoms. The van der Waals surface area contributed by atoms with Gasteiger partial charge < -0.3 is 14.8 Å². The summed E-state index contributed by atoms with van der Waals surface area (Å²) in [7, 11) is 0. The largest absolute Gasteiger partial charge is 0.444 e. The number of carbonyl (C=O) groups excluding carboxylic acids is 2. The van der Waals surface area contributed by atoms with Gasteiger partial charge in [-0.05, 0) is 34.1 Å². The minimum Gasteiger partial charge on any atom is -0.444 e. The van der Waals surface area contributed by atoms with E-state index in [2.05, 4.69) is 5.32 Å². The Morgan fingerprint density at radius 1 is 1.47 bits per heavy atom. The second-order valence-electron chi connectivity index (χ2n) is 5.33. The Kier molecular flexibility index (Phi) is 4.51. The van der Waals surface area contributed by atoms with Crippen molar-refractivity contribution < 1.29 is 19.1 Å². The Bertz CT molecular complexity index is 291. The Morgan fingerprint density at radius 2 is 2.06 bits per heavy atom. The number of epoxide rings is 1. The number of Topliss-reactive ketones (excluding diaryl/α,β-unsaturated/α-hetero) is 1. The van der Waals surface area contributed by atoms with Gasteiger partial charge in [0, 0.05) is 6.42 Å². The summed E-state index contributed by atoms with van der Waals surface area (Å²) < 4.78 is 10.1. The van der Waals surface area contributed by atoms with E-state index in [-0.39, 0.29) is 11.9 Å². The highest BCUT2D eigenvalue weighted by atomic mass is 16.6. The first-order valence-corrected chi connectivity index (χ1v) is 5.92. The SMILES string of the molecule is C[C@H](NC(=O)OC(C)(C)C)C(=O)CCC1CO1. The number of alkyl carbamates (subject to hydrolysis) is 1. The van der Waals surface area contributed by atoms with Crippen LogP contribution in [-0.4, -0.2) is 36.2 Å². The number of nitrogens with one attached hydrogen (secondary N) is 1. The maximum absolute atomic E-state index is 11.7. The van der Waals surface area contributed by atoms with Crippen LogP contribution in [-0.2, 0) is 14.3 Å². The summed E-state index contributed by atoms with van der Waals surface area (Å²) >= 11 is 0. The van der Waals surface area contributed by atoms with Gasteiger partial charge in [0.05, 0.1) is 18.8 Å². The van der Waals surface area contributed by atoms with Crippen LogP contribution in [0.15, 0.2) is 0 Å². The third-order valence-electron chi connectivity index (χ3n) is 2.33. The molecule has 0 radical (unpaired) electrons. The van der Waals surface area contributed by atoms with Crippen molar-refractivity contribution in [2.24, 2.45) is 0 Å². The van der Waals surface area contributed by atoms with Crippen molar-refractivity contribution in [2.45, 2.75) is 58.3 Å². The molecule has 1 saturated heterocycles. The molecule has 1 N–H and O–H groups in total. The summed E-state index contributed by atoms with van der Waals surface area (Å²) in [5, 5.41) is 2.53. The van der Waals surface area contributed by atoms with Crippen LogP contribution in [0.4, 0.5) is 4.79 Å². The molecule has 0 saturated carbocycles. The molecule has 1 aliphatic heterocycles. The Balaban J connectivity index is 2.23. The number of ketones is 1. The van der Waals surface area contributed by atoms with E-state index in [9.17, 15) is 9.59 Å². The van der Waals surface area contributed by atoms with E-state index in [1.54, 1.807) is 27.7 Å². The van der Waals surface area contributed by atoms with Crippen molar-refractivity contribution in [3.8, 4) is 0 Å². The number of hydrogen-bond acceptors (Lipinski definition) is 4. The Morgan fingerprint density at radius 3 is 2.53 bits per heavy atom. The molecular formula is C12H21NO4. The molecule has 2 atom stereocenters.